The van der Waals surface area contributed by atoms with Crippen LogP contribution in [0.4, 0.5) is 21.9 Å². The number of aromatic hydroxyl groups is 1. The molecule has 3 saturated heterocycles. The van der Waals surface area contributed by atoms with Gasteiger partial charge < -0.3 is 35.2 Å². The highest BCUT2D eigenvalue weighted by molar-refractivity contribution is 6.25. The molecule has 4 heterocycles. The summed E-state index contributed by atoms with van der Waals surface area (Å²) in [6.45, 7) is 4.27. The molecule has 6 aromatic rings. The molecule has 0 saturated carbocycles. The van der Waals surface area contributed by atoms with Gasteiger partial charge in [-0.05, 0) is 89.3 Å². The summed E-state index contributed by atoms with van der Waals surface area (Å²) in [4.78, 5) is 68.2. The molecule has 69 heavy (non-hydrogen) atoms. The first-order valence-corrected chi connectivity index (χ1v) is 23.2. The minimum atomic E-state index is -2.03. The number of esters is 1. The highest BCUT2D eigenvalue weighted by Crippen LogP contribution is 2.66. The van der Waals surface area contributed by atoms with Crippen molar-refractivity contribution in [1.82, 2.24) is 10.2 Å². The van der Waals surface area contributed by atoms with Crippen LogP contribution >= 0.6 is 0 Å². The first-order valence-electron chi connectivity index (χ1n) is 23.2. The predicted molar refractivity (Wildman–Crippen MR) is 260 cm³/mol. The molecule has 3 fully saturated rings. The SMILES string of the molecule is C[C@@H](NC(=O)N1C(=O)[C@@]2(c3cc(C#CCCO)ccc31)[C@H](c1ccc(O)cc1)N1[C@H](c3ccccc3)[C@H](c3ccccc3)OC(=O)[C@H]1[C@@H]2C(=O)Nc1ccc(N2CCOCC2)cc1)c1ccccc1. The molecule has 0 aliphatic carbocycles. The zero-order chi connectivity index (χ0) is 47.6. The summed E-state index contributed by atoms with van der Waals surface area (Å²) >= 11 is 0. The highest BCUT2D eigenvalue weighted by Gasteiger charge is 2.75. The lowest BCUT2D eigenvalue weighted by Crippen LogP contribution is -2.55. The number of rotatable bonds is 9. The lowest BCUT2D eigenvalue weighted by Gasteiger charge is -2.46. The topological polar surface area (TPSA) is 161 Å². The Morgan fingerprint density at radius 3 is 2.10 bits per heavy atom. The van der Waals surface area contributed by atoms with E-state index in [0.717, 1.165) is 21.7 Å². The zero-order valence-electron chi connectivity index (χ0n) is 37.9. The van der Waals surface area contributed by atoms with Crippen molar-refractivity contribution < 1.29 is 38.9 Å². The normalized spacial score (nSPS) is 23.3. The fourth-order valence-corrected chi connectivity index (χ4v) is 10.7. The fourth-order valence-electron chi connectivity index (χ4n) is 10.7. The van der Waals surface area contributed by atoms with Crippen LogP contribution < -0.4 is 20.4 Å². The zero-order valence-corrected chi connectivity index (χ0v) is 37.9. The number of hydrogen-bond acceptors (Lipinski definition) is 10. The standard InChI is InChI=1S/C56H51N5O8/c1-36(38-14-5-2-6-15-38)57-55(67)60-46-29-20-37(13-11-12-32-62)35-45(46)56(54(60)66)47(52(64)58-42-23-25-43(26-24-42)59-30-33-68-34-31-59)49-53(65)69-50(40-18-9-4-10-19-40)48(39-16-7-3-8-17-39)61(49)51(56)41-21-27-44(63)28-22-41/h2-10,14-29,35-36,47-51,62-63H,12,30-34H2,1H3,(H,57,67)(H,58,64)/t36-,47-,48-,49-,50+,51+,56-/m1/s1. The van der Waals surface area contributed by atoms with Crippen molar-refractivity contribution in [3.05, 3.63) is 191 Å². The number of aliphatic hydroxyl groups excluding tert-OH is 1. The van der Waals surface area contributed by atoms with E-state index in [1.165, 1.54) is 12.1 Å². The average molecular weight is 922 g/mol. The van der Waals surface area contributed by atoms with Gasteiger partial charge in [0.15, 0.2) is 0 Å². The van der Waals surface area contributed by atoms with Gasteiger partial charge in [-0.3, -0.25) is 19.3 Å². The van der Waals surface area contributed by atoms with Crippen LogP contribution in [0.2, 0.25) is 0 Å². The van der Waals surface area contributed by atoms with Crippen molar-refractivity contribution in [3.63, 3.8) is 0 Å². The molecule has 6 aromatic carbocycles. The third-order valence-electron chi connectivity index (χ3n) is 13.8. The van der Waals surface area contributed by atoms with E-state index < -0.39 is 65.4 Å². The summed E-state index contributed by atoms with van der Waals surface area (Å²) in [6, 6.07) is 42.6. The molecule has 13 heteroatoms. The number of imide groups is 1. The largest absolute Gasteiger partial charge is 0.508 e. The number of ether oxygens (including phenoxy) is 2. The van der Waals surface area contributed by atoms with E-state index in [4.69, 9.17) is 9.47 Å². The maximum absolute atomic E-state index is 16.6. The molecular weight excluding hydrogens is 871 g/mol. The molecule has 4 amide bonds. The summed E-state index contributed by atoms with van der Waals surface area (Å²) in [5.41, 5.74) is 3.08. The Bertz CT molecular complexity index is 2920. The number of nitrogens with zero attached hydrogens (tertiary/aromatic N) is 3. The van der Waals surface area contributed by atoms with Crippen molar-refractivity contribution in [2.45, 2.75) is 49.0 Å². The number of amides is 4. The first-order chi connectivity index (χ1) is 33.7. The van der Waals surface area contributed by atoms with Gasteiger partial charge in [0.25, 0.3) is 0 Å². The van der Waals surface area contributed by atoms with E-state index in [1.54, 1.807) is 42.5 Å². The van der Waals surface area contributed by atoms with Crippen molar-refractivity contribution in [1.29, 1.82) is 0 Å². The van der Waals surface area contributed by atoms with Crippen LogP contribution in [0, 0.1) is 17.8 Å². The molecule has 4 aliphatic rings. The van der Waals surface area contributed by atoms with Gasteiger partial charge in [0, 0.05) is 36.4 Å². The summed E-state index contributed by atoms with van der Waals surface area (Å²) in [7, 11) is 0. The van der Waals surface area contributed by atoms with Gasteiger partial charge in [0.2, 0.25) is 11.8 Å². The number of carbonyl (C=O) groups is 4. The summed E-state index contributed by atoms with van der Waals surface area (Å²) < 4.78 is 12.2. The molecule has 0 unspecified atom stereocenters. The molecule has 10 rings (SSSR count). The lowest BCUT2D eigenvalue weighted by atomic mass is 9.65. The molecule has 0 bridgehead atoms. The van der Waals surface area contributed by atoms with E-state index in [1.807, 2.05) is 115 Å². The number of urea groups is 1. The molecule has 13 nitrogen and oxygen atoms in total. The Hall–Kier alpha value is -7.76. The van der Waals surface area contributed by atoms with Crippen LogP contribution in [-0.2, 0) is 29.3 Å². The van der Waals surface area contributed by atoms with E-state index in [-0.39, 0.29) is 24.5 Å². The smallest absolute Gasteiger partial charge is 0.329 e. The number of benzene rings is 6. The van der Waals surface area contributed by atoms with Crippen molar-refractivity contribution >= 4 is 40.9 Å². The maximum atomic E-state index is 16.6. The van der Waals surface area contributed by atoms with Gasteiger partial charge in [-0.2, -0.15) is 0 Å². The Morgan fingerprint density at radius 1 is 0.783 bits per heavy atom. The van der Waals surface area contributed by atoms with E-state index in [0.29, 0.717) is 54.2 Å². The summed E-state index contributed by atoms with van der Waals surface area (Å²) in [5, 5.41) is 26.6. The Labute approximate surface area is 400 Å². The van der Waals surface area contributed by atoms with E-state index in [2.05, 4.69) is 27.4 Å². The maximum Gasteiger partial charge on any atom is 0.329 e. The second kappa shape index (κ2) is 19.1. The molecule has 4 N–H and O–H groups in total. The number of nitrogens with one attached hydrogen (secondary N) is 2. The number of carbonyl (C=O) groups excluding carboxylic acids is 4. The number of fused-ring (bicyclic) bond motifs is 3. The van der Waals surface area contributed by atoms with E-state index >= 15 is 19.2 Å². The fraction of sp³-hybridized carbons (Fsp3) is 0.250. The molecule has 1 spiro atoms. The van der Waals surface area contributed by atoms with Gasteiger partial charge >= 0.3 is 12.0 Å². The number of morpholine rings is 2. The molecule has 7 atom stereocenters. The Balaban J connectivity index is 1.22. The molecular formula is C56H51N5O8. The van der Waals surface area contributed by atoms with Crippen molar-refractivity contribution in [2.24, 2.45) is 5.92 Å². The monoisotopic (exact) mass is 921 g/mol. The van der Waals surface area contributed by atoms with Crippen LogP contribution in [0.5, 0.6) is 5.75 Å². The number of anilines is 3. The minimum absolute atomic E-state index is 0.0347. The molecule has 4 aliphatic heterocycles. The van der Waals surface area contributed by atoms with Crippen LogP contribution in [0.15, 0.2) is 158 Å². The van der Waals surface area contributed by atoms with Crippen LogP contribution in [0.25, 0.3) is 0 Å². The number of cyclic esters (lactones) is 1. The minimum Gasteiger partial charge on any atom is -0.508 e. The third kappa shape index (κ3) is 8.16. The average Bonchev–Trinajstić information content (AvgIpc) is 3.84. The third-order valence-corrected chi connectivity index (χ3v) is 13.8. The van der Waals surface area contributed by atoms with E-state index in [9.17, 15) is 10.2 Å². The molecule has 0 aromatic heterocycles. The number of hydrogen-bond donors (Lipinski definition) is 4. The van der Waals surface area contributed by atoms with Gasteiger partial charge in [-0.15, -0.1) is 0 Å². The first kappa shape index (κ1) is 45.0. The highest BCUT2D eigenvalue weighted by atomic mass is 16.6. The van der Waals surface area contributed by atoms with Gasteiger partial charge in [-0.25, -0.2) is 9.69 Å². The number of aliphatic hydroxyl groups is 1. The van der Waals surface area contributed by atoms with Gasteiger partial charge in [-0.1, -0.05) is 115 Å². The summed E-state index contributed by atoms with van der Waals surface area (Å²) in [5.74, 6) is 2.41. The second-order valence-electron chi connectivity index (χ2n) is 17.7. The van der Waals surface area contributed by atoms with Crippen molar-refractivity contribution in [2.75, 3.05) is 48.0 Å². The van der Waals surface area contributed by atoms with Gasteiger partial charge in [0.1, 0.15) is 23.3 Å². The van der Waals surface area contributed by atoms with Gasteiger partial charge in [0.05, 0.1) is 49.6 Å². The van der Waals surface area contributed by atoms with Crippen LogP contribution in [-0.4, -0.2) is 77.9 Å². The summed E-state index contributed by atoms with van der Waals surface area (Å²) in [6.07, 6.45) is -0.735. The number of phenolic OH excluding ortho intramolecular Hbond substituents is 1. The van der Waals surface area contributed by atoms with Crippen molar-refractivity contribution in [3.8, 4) is 17.6 Å². The molecule has 0 radical (unpaired) electrons. The predicted octanol–water partition coefficient (Wildman–Crippen LogP) is 7.74. The quantitative estimate of drug-likeness (QED) is 0.0835. The van der Waals surface area contributed by atoms with Crippen LogP contribution in [0.3, 0.4) is 0 Å². The Kier molecular flexibility index (Phi) is 12.5. The molecule has 348 valence electrons. The van der Waals surface area contributed by atoms with Crippen LogP contribution in [0.1, 0.15) is 71.0 Å². The second-order valence-corrected chi connectivity index (χ2v) is 17.7. The lowest BCUT2D eigenvalue weighted by molar-refractivity contribution is -0.177. The Morgan fingerprint density at radius 2 is 1.43 bits per heavy atom. The number of phenols is 1.